The Balaban J connectivity index is 1.93. The fourth-order valence-corrected chi connectivity index (χ4v) is 4.60. The maximum absolute atomic E-state index is 13.7. The van der Waals surface area contributed by atoms with Gasteiger partial charge < -0.3 is 5.32 Å². The van der Waals surface area contributed by atoms with Gasteiger partial charge in [0, 0.05) is 16.7 Å². The standard InChI is InChI=1S/C16H13BrFN3OS2/c1-9(15(22)20-16-21-19-8-23-16)14(12-5-6-13(17)24-12)10-3-2-4-11(18)7-10/h2-9,14H,1H3,(H,20,21,22)/t9-,14-/m0/s1. The summed E-state index contributed by atoms with van der Waals surface area (Å²) in [6.07, 6.45) is 0. The lowest BCUT2D eigenvalue weighted by Crippen LogP contribution is -2.26. The summed E-state index contributed by atoms with van der Waals surface area (Å²) in [5, 5.41) is 10.8. The number of hydrogen-bond donors (Lipinski definition) is 1. The summed E-state index contributed by atoms with van der Waals surface area (Å²) >= 11 is 6.25. The number of aromatic nitrogens is 2. The van der Waals surface area contributed by atoms with E-state index >= 15 is 0 Å². The highest BCUT2D eigenvalue weighted by molar-refractivity contribution is 9.11. The van der Waals surface area contributed by atoms with Crippen molar-refractivity contribution in [2.45, 2.75) is 12.8 Å². The summed E-state index contributed by atoms with van der Waals surface area (Å²) in [6.45, 7) is 1.83. The normalized spacial score (nSPS) is 13.5. The van der Waals surface area contributed by atoms with Gasteiger partial charge in [0.05, 0.1) is 3.79 Å². The van der Waals surface area contributed by atoms with Gasteiger partial charge in [0.25, 0.3) is 0 Å². The molecule has 0 aliphatic carbocycles. The molecule has 2 atom stereocenters. The Morgan fingerprint density at radius 3 is 2.79 bits per heavy atom. The number of nitrogens with one attached hydrogen (secondary N) is 1. The van der Waals surface area contributed by atoms with Gasteiger partial charge in [0.1, 0.15) is 11.3 Å². The largest absolute Gasteiger partial charge is 0.300 e. The van der Waals surface area contributed by atoms with E-state index < -0.39 is 5.92 Å². The number of nitrogens with zero attached hydrogens (tertiary/aromatic N) is 2. The molecule has 3 rings (SSSR count). The topological polar surface area (TPSA) is 54.9 Å². The van der Waals surface area contributed by atoms with E-state index in [-0.39, 0.29) is 17.6 Å². The molecule has 0 saturated heterocycles. The fourth-order valence-electron chi connectivity index (χ4n) is 2.49. The summed E-state index contributed by atoms with van der Waals surface area (Å²) < 4.78 is 14.7. The molecule has 3 aromatic rings. The van der Waals surface area contributed by atoms with Crippen molar-refractivity contribution < 1.29 is 9.18 Å². The van der Waals surface area contributed by atoms with Crippen LogP contribution in [-0.4, -0.2) is 16.1 Å². The summed E-state index contributed by atoms with van der Waals surface area (Å²) in [5.74, 6) is -1.14. The summed E-state index contributed by atoms with van der Waals surface area (Å²) in [4.78, 5) is 13.6. The molecule has 0 bridgehead atoms. The van der Waals surface area contributed by atoms with Gasteiger partial charge in [-0.2, -0.15) is 0 Å². The molecule has 0 aliphatic heterocycles. The number of rotatable bonds is 5. The van der Waals surface area contributed by atoms with Crippen LogP contribution >= 0.6 is 38.6 Å². The highest BCUT2D eigenvalue weighted by Crippen LogP contribution is 2.38. The highest BCUT2D eigenvalue weighted by atomic mass is 79.9. The van der Waals surface area contributed by atoms with E-state index in [1.165, 1.54) is 34.8 Å². The minimum Gasteiger partial charge on any atom is -0.300 e. The van der Waals surface area contributed by atoms with E-state index in [4.69, 9.17) is 0 Å². The predicted molar refractivity (Wildman–Crippen MR) is 98.0 cm³/mol. The van der Waals surface area contributed by atoms with E-state index in [9.17, 15) is 9.18 Å². The second kappa shape index (κ2) is 7.50. The Bertz CT molecular complexity index is 837. The lowest BCUT2D eigenvalue weighted by atomic mass is 9.85. The molecule has 1 amide bonds. The zero-order valence-corrected chi connectivity index (χ0v) is 15.8. The quantitative estimate of drug-likeness (QED) is 0.631. The molecule has 24 heavy (non-hydrogen) atoms. The average Bonchev–Trinajstić information content (AvgIpc) is 3.19. The first-order valence-electron chi connectivity index (χ1n) is 7.12. The number of benzene rings is 1. The van der Waals surface area contributed by atoms with E-state index in [0.717, 1.165) is 14.2 Å². The molecular formula is C16H13BrFN3OS2. The molecule has 4 nitrogen and oxygen atoms in total. The molecule has 1 aromatic carbocycles. The van der Waals surface area contributed by atoms with Crippen LogP contribution in [0.4, 0.5) is 9.52 Å². The fraction of sp³-hybridized carbons (Fsp3) is 0.188. The Hall–Kier alpha value is -1.64. The second-order valence-electron chi connectivity index (χ2n) is 5.20. The molecule has 0 saturated carbocycles. The average molecular weight is 426 g/mol. The number of thiophene rings is 1. The number of anilines is 1. The smallest absolute Gasteiger partial charge is 0.230 e. The van der Waals surface area contributed by atoms with Crippen LogP contribution in [0.2, 0.25) is 0 Å². The van der Waals surface area contributed by atoms with Crippen LogP contribution in [0.5, 0.6) is 0 Å². The van der Waals surface area contributed by atoms with Crippen LogP contribution < -0.4 is 5.32 Å². The summed E-state index contributed by atoms with van der Waals surface area (Å²) in [6, 6.07) is 10.3. The van der Waals surface area contributed by atoms with Gasteiger partial charge >= 0.3 is 0 Å². The second-order valence-corrected chi connectivity index (χ2v) is 8.52. The van der Waals surface area contributed by atoms with Crippen molar-refractivity contribution in [1.29, 1.82) is 0 Å². The van der Waals surface area contributed by atoms with Crippen molar-refractivity contribution in [2.24, 2.45) is 5.92 Å². The minimum atomic E-state index is -0.402. The van der Waals surface area contributed by atoms with Gasteiger partial charge in [-0.3, -0.25) is 4.79 Å². The van der Waals surface area contributed by atoms with Crippen molar-refractivity contribution in [3.05, 3.63) is 62.0 Å². The van der Waals surface area contributed by atoms with Gasteiger partial charge in [-0.05, 0) is 45.8 Å². The third-order valence-electron chi connectivity index (χ3n) is 3.61. The first-order valence-corrected chi connectivity index (χ1v) is 9.61. The molecule has 8 heteroatoms. The van der Waals surface area contributed by atoms with Gasteiger partial charge in [0.15, 0.2) is 0 Å². The number of carbonyl (C=O) groups is 1. The molecule has 0 spiro atoms. The van der Waals surface area contributed by atoms with E-state index in [1.54, 1.807) is 11.6 Å². The van der Waals surface area contributed by atoms with Crippen molar-refractivity contribution >= 4 is 49.6 Å². The third-order valence-corrected chi connectivity index (χ3v) is 5.93. The molecule has 0 unspecified atom stereocenters. The summed E-state index contributed by atoms with van der Waals surface area (Å²) in [5.41, 5.74) is 2.32. The number of carbonyl (C=O) groups excluding carboxylic acids is 1. The monoisotopic (exact) mass is 425 g/mol. The molecule has 1 N–H and O–H groups in total. The van der Waals surface area contributed by atoms with Crippen molar-refractivity contribution in [3.8, 4) is 0 Å². The van der Waals surface area contributed by atoms with Crippen LogP contribution in [0.3, 0.4) is 0 Å². The molecule has 0 aliphatic rings. The maximum Gasteiger partial charge on any atom is 0.230 e. The zero-order valence-electron chi connectivity index (χ0n) is 12.6. The van der Waals surface area contributed by atoms with Crippen molar-refractivity contribution in [1.82, 2.24) is 10.2 Å². The van der Waals surface area contributed by atoms with Crippen LogP contribution in [0, 0.1) is 11.7 Å². The van der Waals surface area contributed by atoms with E-state index in [2.05, 4.69) is 31.4 Å². The van der Waals surface area contributed by atoms with Crippen LogP contribution in [0.1, 0.15) is 23.3 Å². The van der Waals surface area contributed by atoms with Crippen molar-refractivity contribution in [2.75, 3.05) is 5.32 Å². The van der Waals surface area contributed by atoms with E-state index in [0.29, 0.717) is 5.13 Å². The Labute approximate surface area is 154 Å². The Morgan fingerprint density at radius 2 is 2.17 bits per heavy atom. The SMILES string of the molecule is C[C@H](C(=O)Nc1nncs1)[C@@H](c1cccc(F)c1)c1ccc(Br)s1. The Morgan fingerprint density at radius 1 is 1.33 bits per heavy atom. The van der Waals surface area contributed by atoms with Gasteiger partial charge in [-0.1, -0.05) is 30.4 Å². The molecule has 124 valence electrons. The molecule has 0 fully saturated rings. The van der Waals surface area contributed by atoms with E-state index in [1.807, 2.05) is 25.1 Å². The zero-order chi connectivity index (χ0) is 17.1. The number of amides is 1. The maximum atomic E-state index is 13.7. The van der Waals surface area contributed by atoms with Crippen LogP contribution in [0.25, 0.3) is 0 Å². The Kier molecular flexibility index (Phi) is 5.37. The predicted octanol–water partition coefficient (Wildman–Crippen LogP) is 4.91. The molecule has 0 radical (unpaired) electrons. The van der Waals surface area contributed by atoms with Crippen LogP contribution in [-0.2, 0) is 4.79 Å². The van der Waals surface area contributed by atoms with Gasteiger partial charge in [0.2, 0.25) is 11.0 Å². The lowest BCUT2D eigenvalue weighted by molar-refractivity contribution is -0.119. The first kappa shape index (κ1) is 17.2. The third kappa shape index (κ3) is 3.88. The minimum absolute atomic E-state index is 0.175. The summed E-state index contributed by atoms with van der Waals surface area (Å²) in [7, 11) is 0. The molecule has 2 aromatic heterocycles. The highest BCUT2D eigenvalue weighted by Gasteiger charge is 2.29. The van der Waals surface area contributed by atoms with Crippen molar-refractivity contribution in [3.63, 3.8) is 0 Å². The lowest BCUT2D eigenvalue weighted by Gasteiger charge is -2.22. The molecular weight excluding hydrogens is 413 g/mol. The van der Waals surface area contributed by atoms with Gasteiger partial charge in [-0.25, -0.2) is 4.39 Å². The first-order chi connectivity index (χ1) is 11.5. The number of halogens is 2. The number of hydrogen-bond acceptors (Lipinski definition) is 5. The van der Waals surface area contributed by atoms with Gasteiger partial charge in [-0.15, -0.1) is 21.5 Å². The molecule has 2 heterocycles. The van der Waals surface area contributed by atoms with Crippen LogP contribution in [0.15, 0.2) is 45.7 Å².